The van der Waals surface area contributed by atoms with E-state index in [2.05, 4.69) is 57.9 Å². The van der Waals surface area contributed by atoms with Crippen molar-refractivity contribution < 1.29 is 5.11 Å². The zero-order valence-electron chi connectivity index (χ0n) is 22.3. The van der Waals surface area contributed by atoms with E-state index in [1.807, 2.05) is 57.9 Å². The summed E-state index contributed by atoms with van der Waals surface area (Å²) in [6.45, 7) is 22.0. The van der Waals surface area contributed by atoms with E-state index in [9.17, 15) is 5.11 Å². The standard InChI is InChI=1S/C13H24N2.C9H16N2O.2C2H6/c1-10(2)6-12(7-11(3)4)13-8-14-15(5)9-13;1-8(2)6-9(12)7-11-5-3-4-10-11;2*1-2/h8-12H,6-7H2,1-5H3;3-5,8-9,12H,6-7H2,1-2H3;2*1-2H3. The lowest BCUT2D eigenvalue weighted by molar-refractivity contribution is 0.125. The molecule has 0 bridgehead atoms. The van der Waals surface area contributed by atoms with Crippen LogP contribution in [0.2, 0.25) is 0 Å². The highest BCUT2D eigenvalue weighted by Gasteiger charge is 2.16. The van der Waals surface area contributed by atoms with Crippen molar-refractivity contribution in [2.24, 2.45) is 24.8 Å². The summed E-state index contributed by atoms with van der Waals surface area (Å²) in [4.78, 5) is 0. The van der Waals surface area contributed by atoms with Gasteiger partial charge in [-0.3, -0.25) is 9.36 Å². The van der Waals surface area contributed by atoms with E-state index in [4.69, 9.17) is 0 Å². The van der Waals surface area contributed by atoms with Crippen molar-refractivity contribution in [3.05, 3.63) is 36.4 Å². The van der Waals surface area contributed by atoms with Crippen LogP contribution in [0, 0.1) is 17.8 Å². The third-order valence-electron chi connectivity index (χ3n) is 4.41. The predicted molar refractivity (Wildman–Crippen MR) is 135 cm³/mol. The Kier molecular flexibility index (Phi) is 19.4. The van der Waals surface area contributed by atoms with Gasteiger partial charge in [-0.25, -0.2) is 0 Å². The molecule has 5 nitrogen and oxygen atoms in total. The maximum Gasteiger partial charge on any atom is 0.0738 e. The molecule has 0 saturated heterocycles. The van der Waals surface area contributed by atoms with Gasteiger partial charge in [0.05, 0.1) is 18.8 Å². The van der Waals surface area contributed by atoms with E-state index in [1.54, 1.807) is 10.9 Å². The molecular weight excluding hydrogens is 384 g/mol. The van der Waals surface area contributed by atoms with Crippen LogP contribution < -0.4 is 0 Å². The van der Waals surface area contributed by atoms with Gasteiger partial charge in [0.2, 0.25) is 0 Å². The maximum absolute atomic E-state index is 9.53. The molecule has 182 valence electrons. The number of rotatable bonds is 9. The first-order chi connectivity index (χ1) is 14.7. The van der Waals surface area contributed by atoms with Crippen molar-refractivity contribution in [1.29, 1.82) is 0 Å². The van der Waals surface area contributed by atoms with Gasteiger partial charge in [-0.2, -0.15) is 10.2 Å². The molecule has 0 saturated carbocycles. The zero-order chi connectivity index (χ0) is 24.4. The van der Waals surface area contributed by atoms with E-state index in [1.165, 1.54) is 18.4 Å². The molecule has 5 heteroatoms. The minimum atomic E-state index is -0.273. The molecule has 0 fully saturated rings. The number of aromatic nitrogens is 4. The Morgan fingerprint density at radius 1 is 0.839 bits per heavy atom. The van der Waals surface area contributed by atoms with Crippen molar-refractivity contribution in [3.8, 4) is 0 Å². The van der Waals surface area contributed by atoms with Crippen LogP contribution in [-0.4, -0.2) is 30.8 Å². The van der Waals surface area contributed by atoms with E-state index in [0.29, 0.717) is 18.4 Å². The number of aliphatic hydroxyl groups excluding tert-OH is 1. The first-order valence-electron chi connectivity index (χ1n) is 12.3. The van der Waals surface area contributed by atoms with Crippen molar-refractivity contribution in [2.45, 2.75) is 107 Å². The fourth-order valence-electron chi connectivity index (χ4n) is 3.40. The van der Waals surface area contributed by atoms with Gasteiger partial charge in [0.25, 0.3) is 0 Å². The van der Waals surface area contributed by atoms with Crippen LogP contribution in [0.5, 0.6) is 0 Å². The molecule has 0 aliphatic heterocycles. The summed E-state index contributed by atoms with van der Waals surface area (Å²) >= 11 is 0. The lowest BCUT2D eigenvalue weighted by Gasteiger charge is -2.19. The molecule has 1 unspecified atom stereocenters. The van der Waals surface area contributed by atoms with Gasteiger partial charge in [-0.1, -0.05) is 69.2 Å². The highest BCUT2D eigenvalue weighted by atomic mass is 16.3. The van der Waals surface area contributed by atoms with Crippen molar-refractivity contribution in [3.63, 3.8) is 0 Å². The maximum atomic E-state index is 9.53. The topological polar surface area (TPSA) is 55.9 Å². The molecular formula is C26H52N4O. The lowest BCUT2D eigenvalue weighted by atomic mass is 9.86. The van der Waals surface area contributed by atoms with Gasteiger partial charge in [0.15, 0.2) is 0 Å². The number of aliphatic hydroxyl groups is 1. The van der Waals surface area contributed by atoms with Crippen molar-refractivity contribution in [1.82, 2.24) is 19.6 Å². The molecule has 31 heavy (non-hydrogen) atoms. The van der Waals surface area contributed by atoms with Gasteiger partial charge in [-0.15, -0.1) is 0 Å². The summed E-state index contributed by atoms with van der Waals surface area (Å²) in [6, 6.07) is 1.86. The number of hydrogen-bond acceptors (Lipinski definition) is 3. The van der Waals surface area contributed by atoms with Gasteiger partial charge >= 0.3 is 0 Å². The van der Waals surface area contributed by atoms with Crippen LogP contribution in [0.15, 0.2) is 30.9 Å². The molecule has 2 heterocycles. The third kappa shape index (κ3) is 16.7. The first kappa shape index (κ1) is 31.6. The summed E-state index contributed by atoms with van der Waals surface area (Å²) in [7, 11) is 1.99. The Morgan fingerprint density at radius 3 is 1.71 bits per heavy atom. The Bertz CT molecular complexity index is 593. The lowest BCUT2D eigenvalue weighted by Crippen LogP contribution is -2.18. The van der Waals surface area contributed by atoms with Crippen molar-refractivity contribution >= 4 is 0 Å². The molecule has 1 N–H and O–H groups in total. The summed E-state index contributed by atoms with van der Waals surface area (Å²) in [6.07, 6.45) is 10.9. The van der Waals surface area contributed by atoms with Crippen LogP contribution in [0.25, 0.3) is 0 Å². The van der Waals surface area contributed by atoms with E-state index < -0.39 is 0 Å². The number of aryl methyl sites for hydroxylation is 1. The fraction of sp³-hybridized carbons (Fsp3) is 0.769. The Morgan fingerprint density at radius 2 is 1.35 bits per heavy atom. The van der Waals surface area contributed by atoms with Crippen LogP contribution in [0.4, 0.5) is 0 Å². The molecule has 0 aliphatic carbocycles. The molecule has 0 aromatic carbocycles. The summed E-state index contributed by atoms with van der Waals surface area (Å²) in [5.41, 5.74) is 1.40. The average molecular weight is 437 g/mol. The third-order valence-corrected chi connectivity index (χ3v) is 4.41. The van der Waals surface area contributed by atoms with E-state index in [-0.39, 0.29) is 6.10 Å². The summed E-state index contributed by atoms with van der Waals surface area (Å²) in [5, 5.41) is 17.8. The highest BCUT2D eigenvalue weighted by Crippen LogP contribution is 2.29. The minimum absolute atomic E-state index is 0.273. The first-order valence-corrected chi connectivity index (χ1v) is 12.3. The van der Waals surface area contributed by atoms with E-state index >= 15 is 0 Å². The smallest absolute Gasteiger partial charge is 0.0738 e. The average Bonchev–Trinajstić information content (AvgIpc) is 3.35. The van der Waals surface area contributed by atoms with Crippen molar-refractivity contribution in [2.75, 3.05) is 0 Å². The molecule has 2 rings (SSSR count). The van der Waals surface area contributed by atoms with Gasteiger partial charge in [0.1, 0.15) is 0 Å². The fourth-order valence-corrected chi connectivity index (χ4v) is 3.40. The highest BCUT2D eigenvalue weighted by molar-refractivity contribution is 5.11. The molecule has 0 aliphatic rings. The van der Waals surface area contributed by atoms with Crippen LogP contribution in [0.3, 0.4) is 0 Å². The molecule has 1 atom stereocenters. The van der Waals surface area contributed by atoms with Gasteiger partial charge in [0, 0.05) is 25.6 Å². The molecule has 2 aromatic heterocycles. The predicted octanol–water partition coefficient (Wildman–Crippen LogP) is 6.94. The molecule has 0 spiro atoms. The quantitative estimate of drug-likeness (QED) is 0.463. The Balaban J connectivity index is 0. The van der Waals surface area contributed by atoms with Crippen LogP contribution in [0.1, 0.15) is 100.0 Å². The summed E-state index contributed by atoms with van der Waals surface area (Å²) in [5.74, 6) is 2.73. The van der Waals surface area contributed by atoms with Crippen LogP contribution in [-0.2, 0) is 13.6 Å². The summed E-state index contributed by atoms with van der Waals surface area (Å²) < 4.78 is 3.66. The van der Waals surface area contributed by atoms with E-state index in [0.717, 1.165) is 18.3 Å². The molecule has 0 radical (unpaired) electrons. The number of nitrogens with zero attached hydrogens (tertiary/aromatic N) is 4. The second kappa shape index (κ2) is 19.1. The Hall–Kier alpha value is -1.62. The Labute approximate surface area is 193 Å². The second-order valence-corrected chi connectivity index (χ2v) is 8.91. The van der Waals surface area contributed by atoms with Gasteiger partial charge in [-0.05, 0) is 54.6 Å². The number of hydrogen-bond donors (Lipinski definition) is 1. The minimum Gasteiger partial charge on any atom is -0.391 e. The second-order valence-electron chi connectivity index (χ2n) is 8.91. The normalized spacial score (nSPS) is 11.5. The van der Waals surface area contributed by atoms with Gasteiger partial charge < -0.3 is 5.11 Å². The molecule has 0 amide bonds. The molecule has 2 aromatic rings. The van der Waals surface area contributed by atoms with Crippen LogP contribution >= 0.6 is 0 Å². The SMILES string of the molecule is CC.CC.CC(C)CC(CC(C)C)c1cnn(C)c1.CC(C)CC(O)Cn1cccn1. The largest absolute Gasteiger partial charge is 0.391 e. The monoisotopic (exact) mass is 436 g/mol. The zero-order valence-corrected chi connectivity index (χ0v) is 22.3.